The van der Waals surface area contributed by atoms with Gasteiger partial charge >= 0.3 is 5.91 Å². The Morgan fingerprint density at radius 1 is 1.38 bits per heavy atom. The first kappa shape index (κ1) is 14.8. The molecule has 0 radical (unpaired) electrons. The number of H-pyrrole nitrogens is 1. The van der Waals surface area contributed by atoms with Gasteiger partial charge in [0.15, 0.2) is 5.82 Å². The van der Waals surface area contributed by atoms with Crippen LogP contribution in [0.4, 0.5) is 0 Å². The van der Waals surface area contributed by atoms with Gasteiger partial charge in [-0.25, -0.2) is 4.98 Å². The van der Waals surface area contributed by atoms with E-state index in [1.807, 2.05) is 39.0 Å². The van der Waals surface area contributed by atoms with E-state index in [0.29, 0.717) is 5.52 Å². The number of amides is 1. The number of benzene rings is 1. The van der Waals surface area contributed by atoms with Gasteiger partial charge in [-0.1, -0.05) is 32.9 Å². The molecule has 6 heteroatoms. The molecule has 0 bridgehead atoms. The standard InChI is InChI=1S/C15H18N4O2/c1-15(2,3)11(20)8-12(16)19-14(21)13-17-9-6-4-5-7-10(9)18-13/h4-8,20H,1-3H3,(H,17,18)(H2,16,19,21)/b11-8-. The third kappa shape index (κ3) is 3.47. The summed E-state index contributed by atoms with van der Waals surface area (Å²) in [6, 6.07) is 7.29. The summed E-state index contributed by atoms with van der Waals surface area (Å²) in [4.78, 5) is 22.7. The molecule has 0 saturated heterocycles. The lowest BCUT2D eigenvalue weighted by Crippen LogP contribution is -2.17. The van der Waals surface area contributed by atoms with E-state index in [-0.39, 0.29) is 17.4 Å². The van der Waals surface area contributed by atoms with Gasteiger partial charge < -0.3 is 15.8 Å². The minimum absolute atomic E-state index is 0.0566. The fourth-order valence-corrected chi connectivity index (χ4v) is 1.61. The second-order valence-corrected chi connectivity index (χ2v) is 5.72. The summed E-state index contributed by atoms with van der Waals surface area (Å²) in [5.74, 6) is -0.474. The predicted molar refractivity (Wildman–Crippen MR) is 82.2 cm³/mol. The first-order chi connectivity index (χ1) is 9.77. The molecule has 0 saturated carbocycles. The zero-order valence-electron chi connectivity index (χ0n) is 12.2. The molecule has 0 aliphatic rings. The van der Waals surface area contributed by atoms with Crippen LogP contribution in [0.5, 0.6) is 0 Å². The number of para-hydroxylation sites is 2. The third-order valence-electron chi connectivity index (χ3n) is 2.88. The lowest BCUT2D eigenvalue weighted by atomic mass is 9.93. The molecule has 0 spiro atoms. The van der Waals surface area contributed by atoms with Crippen molar-refractivity contribution in [2.24, 2.45) is 16.1 Å². The van der Waals surface area contributed by atoms with Crippen LogP contribution >= 0.6 is 0 Å². The van der Waals surface area contributed by atoms with E-state index < -0.39 is 11.3 Å². The third-order valence-corrected chi connectivity index (χ3v) is 2.88. The molecular weight excluding hydrogens is 268 g/mol. The molecule has 0 unspecified atom stereocenters. The van der Waals surface area contributed by atoms with Crippen LogP contribution in [-0.4, -0.2) is 26.8 Å². The molecule has 2 aromatic rings. The summed E-state index contributed by atoms with van der Waals surface area (Å²) < 4.78 is 0. The molecular formula is C15H18N4O2. The second-order valence-electron chi connectivity index (χ2n) is 5.72. The zero-order chi connectivity index (χ0) is 15.6. The number of carbonyl (C=O) groups excluding carboxylic acids is 1. The van der Waals surface area contributed by atoms with Gasteiger partial charge in [0.1, 0.15) is 11.6 Å². The van der Waals surface area contributed by atoms with Gasteiger partial charge in [0.2, 0.25) is 0 Å². The van der Waals surface area contributed by atoms with Crippen molar-refractivity contribution in [3.05, 3.63) is 41.9 Å². The lowest BCUT2D eigenvalue weighted by molar-refractivity contribution is 0.0994. The number of imidazole rings is 1. The van der Waals surface area contributed by atoms with Crippen molar-refractivity contribution < 1.29 is 9.90 Å². The number of nitrogens with two attached hydrogens (primary N) is 1. The van der Waals surface area contributed by atoms with Crippen molar-refractivity contribution in [3.63, 3.8) is 0 Å². The Morgan fingerprint density at radius 2 is 2.05 bits per heavy atom. The molecule has 0 atom stereocenters. The van der Waals surface area contributed by atoms with E-state index in [4.69, 9.17) is 5.73 Å². The van der Waals surface area contributed by atoms with E-state index in [1.165, 1.54) is 6.08 Å². The van der Waals surface area contributed by atoms with Crippen molar-refractivity contribution in [1.29, 1.82) is 0 Å². The largest absolute Gasteiger partial charge is 0.512 e. The first-order valence-electron chi connectivity index (χ1n) is 6.52. The molecule has 1 heterocycles. The van der Waals surface area contributed by atoms with Gasteiger partial charge in [0.05, 0.1) is 11.0 Å². The average Bonchev–Trinajstić information content (AvgIpc) is 2.81. The Morgan fingerprint density at radius 3 is 2.67 bits per heavy atom. The van der Waals surface area contributed by atoms with Gasteiger partial charge in [0.25, 0.3) is 0 Å². The van der Waals surface area contributed by atoms with Crippen LogP contribution in [0.2, 0.25) is 0 Å². The number of aliphatic hydroxyl groups is 1. The summed E-state index contributed by atoms with van der Waals surface area (Å²) in [6.45, 7) is 5.48. The first-order valence-corrected chi connectivity index (χ1v) is 6.52. The maximum Gasteiger partial charge on any atom is 0.314 e. The van der Waals surface area contributed by atoms with Crippen LogP contribution in [0.25, 0.3) is 11.0 Å². The fraction of sp³-hybridized carbons (Fsp3) is 0.267. The number of nitrogens with one attached hydrogen (secondary N) is 1. The smallest absolute Gasteiger partial charge is 0.314 e. The van der Waals surface area contributed by atoms with Gasteiger partial charge in [0, 0.05) is 11.5 Å². The predicted octanol–water partition coefficient (Wildman–Crippen LogP) is 2.55. The van der Waals surface area contributed by atoms with Crippen molar-refractivity contribution in [2.75, 3.05) is 0 Å². The number of hydrogen-bond acceptors (Lipinski definition) is 3. The molecule has 1 aromatic carbocycles. The van der Waals surface area contributed by atoms with Crippen LogP contribution < -0.4 is 5.73 Å². The number of aliphatic imine (C=N–C) groups is 1. The van der Waals surface area contributed by atoms with E-state index >= 15 is 0 Å². The molecule has 2 rings (SSSR count). The van der Waals surface area contributed by atoms with Crippen molar-refractivity contribution in [3.8, 4) is 0 Å². The zero-order valence-corrected chi connectivity index (χ0v) is 12.2. The monoisotopic (exact) mass is 286 g/mol. The van der Waals surface area contributed by atoms with E-state index in [1.54, 1.807) is 6.07 Å². The van der Waals surface area contributed by atoms with Crippen molar-refractivity contribution in [2.45, 2.75) is 20.8 Å². The SMILES string of the molecule is CC(C)(C)/C(O)=C/C(N)=NC(=O)c1nc2ccccc2[nH]1. The number of nitrogens with zero attached hydrogens (tertiary/aromatic N) is 2. The number of rotatable bonds is 2. The normalized spacial score (nSPS) is 13.7. The molecule has 0 aliphatic carbocycles. The molecule has 1 aromatic heterocycles. The quantitative estimate of drug-likeness (QED) is 0.448. The highest BCUT2D eigenvalue weighted by Gasteiger charge is 2.17. The number of fused-ring (bicyclic) bond motifs is 1. The van der Waals surface area contributed by atoms with Crippen LogP contribution in [0.1, 0.15) is 31.4 Å². The highest BCUT2D eigenvalue weighted by Crippen LogP contribution is 2.22. The number of aliphatic hydroxyl groups excluding tert-OH is 1. The van der Waals surface area contributed by atoms with Gasteiger partial charge in [-0.05, 0) is 12.1 Å². The molecule has 1 amide bonds. The Kier molecular flexibility index (Phi) is 3.80. The van der Waals surface area contributed by atoms with Crippen LogP contribution in [-0.2, 0) is 0 Å². The number of amidine groups is 1. The maximum atomic E-state index is 12.0. The number of carbonyl (C=O) groups is 1. The summed E-state index contributed by atoms with van der Waals surface area (Å²) >= 11 is 0. The fourth-order valence-electron chi connectivity index (χ4n) is 1.61. The van der Waals surface area contributed by atoms with Crippen LogP contribution in [0.15, 0.2) is 41.1 Å². The number of allylic oxidation sites excluding steroid dienone is 1. The van der Waals surface area contributed by atoms with Gasteiger partial charge in [-0.15, -0.1) is 0 Å². The highest BCUT2D eigenvalue weighted by molar-refractivity contribution is 6.05. The van der Waals surface area contributed by atoms with E-state index in [2.05, 4.69) is 15.0 Å². The summed E-state index contributed by atoms with van der Waals surface area (Å²) in [6.07, 6.45) is 1.28. The summed E-state index contributed by atoms with van der Waals surface area (Å²) in [5, 5.41) is 9.82. The Labute approximate surface area is 122 Å². The van der Waals surface area contributed by atoms with E-state index in [9.17, 15) is 9.90 Å². The maximum absolute atomic E-state index is 12.0. The highest BCUT2D eigenvalue weighted by atomic mass is 16.3. The van der Waals surface area contributed by atoms with Crippen molar-refractivity contribution in [1.82, 2.24) is 9.97 Å². The molecule has 0 aliphatic heterocycles. The Bertz CT molecular complexity index is 702. The number of hydrogen-bond donors (Lipinski definition) is 3. The topological polar surface area (TPSA) is 104 Å². The minimum atomic E-state index is -0.582. The summed E-state index contributed by atoms with van der Waals surface area (Å²) in [7, 11) is 0. The lowest BCUT2D eigenvalue weighted by Gasteiger charge is -2.16. The Hall–Kier alpha value is -2.63. The van der Waals surface area contributed by atoms with Crippen molar-refractivity contribution >= 4 is 22.8 Å². The average molecular weight is 286 g/mol. The molecule has 6 nitrogen and oxygen atoms in total. The second kappa shape index (κ2) is 5.40. The molecule has 4 N–H and O–H groups in total. The number of aromatic nitrogens is 2. The molecule has 21 heavy (non-hydrogen) atoms. The molecule has 0 fully saturated rings. The molecule has 110 valence electrons. The van der Waals surface area contributed by atoms with Gasteiger partial charge in [-0.3, -0.25) is 4.79 Å². The van der Waals surface area contributed by atoms with Gasteiger partial charge in [-0.2, -0.15) is 4.99 Å². The number of aromatic amines is 1. The van der Waals surface area contributed by atoms with Crippen LogP contribution in [0, 0.1) is 5.41 Å². The minimum Gasteiger partial charge on any atom is -0.512 e. The Balaban J connectivity index is 2.26. The summed E-state index contributed by atoms with van der Waals surface area (Å²) in [5.41, 5.74) is 6.63. The van der Waals surface area contributed by atoms with E-state index in [0.717, 1.165) is 5.52 Å². The van der Waals surface area contributed by atoms with Crippen LogP contribution in [0.3, 0.4) is 0 Å².